The second-order valence-electron chi connectivity index (χ2n) is 3.32. The van der Waals surface area contributed by atoms with Gasteiger partial charge in [0.1, 0.15) is 0 Å². The predicted octanol–water partition coefficient (Wildman–Crippen LogP) is 1.24. The quantitative estimate of drug-likeness (QED) is 0.777. The van der Waals surface area contributed by atoms with Crippen LogP contribution in [0.4, 0.5) is 8.78 Å². The lowest BCUT2D eigenvalue weighted by molar-refractivity contribution is 0.141. The lowest BCUT2D eigenvalue weighted by Crippen LogP contribution is -2.31. The molecule has 5 heteroatoms. The lowest BCUT2D eigenvalue weighted by atomic mass is 10.1. The maximum atomic E-state index is 12.0. The van der Waals surface area contributed by atoms with Gasteiger partial charge in [0.05, 0.1) is 6.54 Å². The van der Waals surface area contributed by atoms with Crippen molar-refractivity contribution in [3.63, 3.8) is 0 Å². The molecule has 15 heavy (non-hydrogen) atoms. The highest BCUT2D eigenvalue weighted by molar-refractivity contribution is 5.17. The van der Waals surface area contributed by atoms with Crippen molar-refractivity contribution in [3.8, 4) is 0 Å². The standard InChI is InChI=1S/C10H15F2N3/c1-7-2-3-8(5-14-7)9(4-13)15-6-10(11)12/h2-3,5,9-10,15H,4,6,13H2,1H3. The second-order valence-corrected chi connectivity index (χ2v) is 3.32. The van der Waals surface area contributed by atoms with Gasteiger partial charge in [0, 0.05) is 24.5 Å². The van der Waals surface area contributed by atoms with Crippen LogP contribution in [0.15, 0.2) is 18.3 Å². The number of pyridine rings is 1. The Morgan fingerprint density at radius 2 is 2.20 bits per heavy atom. The molecule has 1 aromatic rings. The summed E-state index contributed by atoms with van der Waals surface area (Å²) in [7, 11) is 0. The van der Waals surface area contributed by atoms with Crippen molar-refractivity contribution in [2.24, 2.45) is 5.73 Å². The Morgan fingerprint density at radius 3 is 2.67 bits per heavy atom. The van der Waals surface area contributed by atoms with Crippen LogP contribution in [-0.2, 0) is 0 Å². The molecule has 0 aliphatic heterocycles. The molecule has 0 saturated heterocycles. The maximum absolute atomic E-state index is 12.0. The summed E-state index contributed by atoms with van der Waals surface area (Å²) >= 11 is 0. The van der Waals surface area contributed by atoms with Gasteiger partial charge in [-0.1, -0.05) is 6.07 Å². The van der Waals surface area contributed by atoms with Crippen LogP contribution < -0.4 is 11.1 Å². The number of nitrogens with two attached hydrogens (primary N) is 1. The molecule has 84 valence electrons. The zero-order chi connectivity index (χ0) is 11.3. The minimum Gasteiger partial charge on any atom is -0.329 e. The Labute approximate surface area is 87.7 Å². The Kier molecular flexibility index (Phi) is 4.58. The third-order valence-electron chi connectivity index (χ3n) is 2.09. The van der Waals surface area contributed by atoms with Crippen molar-refractivity contribution < 1.29 is 8.78 Å². The Bertz CT molecular complexity index is 287. The smallest absolute Gasteiger partial charge is 0.250 e. The van der Waals surface area contributed by atoms with Gasteiger partial charge >= 0.3 is 0 Å². The van der Waals surface area contributed by atoms with Crippen LogP contribution in [0.25, 0.3) is 0 Å². The average Bonchev–Trinajstić information content (AvgIpc) is 2.21. The molecule has 0 radical (unpaired) electrons. The van der Waals surface area contributed by atoms with Gasteiger partial charge in [-0.25, -0.2) is 8.78 Å². The lowest BCUT2D eigenvalue weighted by Gasteiger charge is -2.16. The van der Waals surface area contributed by atoms with Crippen LogP contribution in [0.2, 0.25) is 0 Å². The summed E-state index contributed by atoms with van der Waals surface area (Å²) in [5.41, 5.74) is 7.22. The highest BCUT2D eigenvalue weighted by atomic mass is 19.3. The van der Waals surface area contributed by atoms with Gasteiger partial charge in [-0.05, 0) is 18.6 Å². The summed E-state index contributed by atoms with van der Waals surface area (Å²) in [5.74, 6) is 0. The minimum atomic E-state index is -2.36. The van der Waals surface area contributed by atoms with E-state index in [4.69, 9.17) is 5.73 Å². The fourth-order valence-electron chi connectivity index (χ4n) is 1.25. The number of aromatic nitrogens is 1. The first-order valence-corrected chi connectivity index (χ1v) is 4.77. The van der Waals surface area contributed by atoms with Gasteiger partial charge in [-0.3, -0.25) is 4.98 Å². The van der Waals surface area contributed by atoms with Crippen molar-refractivity contribution >= 4 is 0 Å². The summed E-state index contributed by atoms with van der Waals surface area (Å²) in [5, 5.41) is 2.69. The molecular formula is C10H15F2N3. The first-order valence-electron chi connectivity index (χ1n) is 4.77. The van der Waals surface area contributed by atoms with Crippen molar-refractivity contribution in [1.29, 1.82) is 0 Å². The van der Waals surface area contributed by atoms with E-state index in [1.54, 1.807) is 6.20 Å². The number of nitrogens with zero attached hydrogens (tertiary/aromatic N) is 1. The molecule has 3 N–H and O–H groups in total. The summed E-state index contributed by atoms with van der Waals surface area (Å²) in [6.45, 7) is 1.79. The maximum Gasteiger partial charge on any atom is 0.250 e. The van der Waals surface area contributed by atoms with E-state index in [1.165, 1.54) is 0 Å². The topological polar surface area (TPSA) is 50.9 Å². The van der Waals surface area contributed by atoms with Gasteiger partial charge in [-0.15, -0.1) is 0 Å². The molecule has 1 atom stereocenters. The van der Waals surface area contributed by atoms with Gasteiger partial charge in [0.2, 0.25) is 0 Å². The van der Waals surface area contributed by atoms with Crippen molar-refractivity contribution in [2.45, 2.75) is 19.4 Å². The van der Waals surface area contributed by atoms with E-state index >= 15 is 0 Å². The molecule has 0 aromatic carbocycles. The number of rotatable bonds is 5. The van der Waals surface area contributed by atoms with Crippen LogP contribution in [0.3, 0.4) is 0 Å². The normalized spacial score (nSPS) is 13.1. The molecule has 1 aromatic heterocycles. The van der Waals surface area contributed by atoms with Crippen LogP contribution in [0, 0.1) is 6.92 Å². The molecule has 0 amide bonds. The van der Waals surface area contributed by atoms with E-state index in [0.717, 1.165) is 11.3 Å². The molecule has 0 aliphatic rings. The van der Waals surface area contributed by atoms with E-state index < -0.39 is 6.43 Å². The van der Waals surface area contributed by atoms with Crippen LogP contribution >= 0.6 is 0 Å². The first kappa shape index (κ1) is 12.0. The number of nitrogens with one attached hydrogen (secondary N) is 1. The zero-order valence-electron chi connectivity index (χ0n) is 8.58. The van der Waals surface area contributed by atoms with Gasteiger partial charge in [0.15, 0.2) is 0 Å². The SMILES string of the molecule is Cc1ccc(C(CN)NCC(F)F)cn1. The van der Waals surface area contributed by atoms with Crippen molar-refractivity contribution in [2.75, 3.05) is 13.1 Å². The first-order chi connectivity index (χ1) is 7.13. The molecule has 0 spiro atoms. The fourth-order valence-corrected chi connectivity index (χ4v) is 1.25. The Hall–Kier alpha value is -1.07. The highest BCUT2D eigenvalue weighted by Crippen LogP contribution is 2.10. The molecule has 3 nitrogen and oxygen atoms in total. The molecule has 0 saturated carbocycles. The van der Waals surface area contributed by atoms with Crippen molar-refractivity contribution in [3.05, 3.63) is 29.6 Å². The van der Waals surface area contributed by atoms with Gasteiger partial charge in [0.25, 0.3) is 6.43 Å². The number of aryl methyl sites for hydroxylation is 1. The molecule has 0 bridgehead atoms. The summed E-state index contributed by atoms with van der Waals surface area (Å²) in [4.78, 5) is 4.09. The minimum absolute atomic E-state index is 0.257. The molecular weight excluding hydrogens is 200 g/mol. The molecule has 0 aliphatic carbocycles. The summed E-state index contributed by atoms with van der Waals surface area (Å²) in [6.07, 6.45) is -0.705. The zero-order valence-corrected chi connectivity index (χ0v) is 8.58. The van der Waals surface area contributed by atoms with Gasteiger partial charge < -0.3 is 11.1 Å². The van der Waals surface area contributed by atoms with E-state index in [-0.39, 0.29) is 19.1 Å². The van der Waals surface area contributed by atoms with E-state index in [2.05, 4.69) is 10.3 Å². The average molecular weight is 215 g/mol. The molecule has 1 rings (SSSR count). The van der Waals surface area contributed by atoms with E-state index in [0.29, 0.717) is 0 Å². The van der Waals surface area contributed by atoms with Crippen LogP contribution in [-0.4, -0.2) is 24.5 Å². The van der Waals surface area contributed by atoms with E-state index in [9.17, 15) is 8.78 Å². The van der Waals surface area contributed by atoms with Gasteiger partial charge in [-0.2, -0.15) is 0 Å². The third kappa shape index (κ3) is 3.89. The fraction of sp³-hybridized carbons (Fsp3) is 0.500. The Balaban J connectivity index is 2.61. The van der Waals surface area contributed by atoms with Crippen molar-refractivity contribution in [1.82, 2.24) is 10.3 Å². The Morgan fingerprint density at radius 1 is 1.47 bits per heavy atom. The predicted molar refractivity (Wildman–Crippen MR) is 54.8 cm³/mol. The number of hydrogen-bond acceptors (Lipinski definition) is 3. The second kappa shape index (κ2) is 5.72. The number of halogens is 2. The summed E-state index contributed by atoms with van der Waals surface area (Å²) < 4.78 is 24.0. The molecule has 1 unspecified atom stereocenters. The van der Waals surface area contributed by atoms with Crippen LogP contribution in [0.1, 0.15) is 17.3 Å². The van der Waals surface area contributed by atoms with Crippen LogP contribution in [0.5, 0.6) is 0 Å². The molecule has 0 fully saturated rings. The molecule has 1 heterocycles. The monoisotopic (exact) mass is 215 g/mol. The number of alkyl halides is 2. The largest absolute Gasteiger partial charge is 0.329 e. The third-order valence-corrected chi connectivity index (χ3v) is 2.09. The summed E-state index contributed by atoms with van der Waals surface area (Å²) in [6, 6.07) is 3.42. The van der Waals surface area contributed by atoms with E-state index in [1.807, 2.05) is 19.1 Å². The highest BCUT2D eigenvalue weighted by Gasteiger charge is 2.11. The number of hydrogen-bond donors (Lipinski definition) is 2.